The molecule has 7 heteroatoms. The lowest BCUT2D eigenvalue weighted by molar-refractivity contribution is -0.125. The Morgan fingerprint density at radius 2 is 2.13 bits per heavy atom. The molecule has 0 bridgehead atoms. The van der Waals surface area contributed by atoms with Crippen LogP contribution in [0.3, 0.4) is 0 Å². The molecule has 2 N–H and O–H groups in total. The Labute approximate surface area is 182 Å². The molecule has 2 heterocycles. The SMILES string of the molecule is CN(C)CCNC(=O)[C@@H]1CCCN(c2ccc(Cl)c(-c3nc4ccccc4[nH]3)c2)C1. The summed E-state index contributed by atoms with van der Waals surface area (Å²) in [6.45, 7) is 3.18. The summed E-state index contributed by atoms with van der Waals surface area (Å²) in [6, 6.07) is 14.0. The molecule has 2 aromatic carbocycles. The number of rotatable bonds is 6. The largest absolute Gasteiger partial charge is 0.371 e. The number of halogens is 1. The fourth-order valence-corrected chi connectivity index (χ4v) is 4.15. The zero-order valence-electron chi connectivity index (χ0n) is 17.5. The number of benzene rings is 2. The summed E-state index contributed by atoms with van der Waals surface area (Å²) in [4.78, 5) is 25.0. The standard InChI is InChI=1S/C23H28ClN5O/c1-28(2)13-11-25-23(30)16-6-5-12-29(15-16)17-9-10-19(24)18(14-17)22-26-20-7-3-4-8-21(20)27-22/h3-4,7-10,14,16H,5-6,11-13,15H2,1-2H3,(H,25,30)(H,26,27)/t16-/m1/s1. The zero-order chi connectivity index (χ0) is 21.1. The highest BCUT2D eigenvalue weighted by atomic mass is 35.5. The quantitative estimate of drug-likeness (QED) is 0.630. The van der Waals surface area contributed by atoms with Crippen molar-refractivity contribution in [2.75, 3.05) is 45.2 Å². The van der Waals surface area contributed by atoms with Crippen LogP contribution in [0.4, 0.5) is 5.69 Å². The molecule has 1 aliphatic heterocycles. The van der Waals surface area contributed by atoms with Gasteiger partial charge < -0.3 is 20.1 Å². The molecule has 30 heavy (non-hydrogen) atoms. The number of imidazole rings is 1. The molecule has 1 aromatic heterocycles. The number of H-pyrrole nitrogens is 1. The highest BCUT2D eigenvalue weighted by molar-refractivity contribution is 6.33. The second kappa shape index (κ2) is 9.06. The number of aromatic amines is 1. The maximum absolute atomic E-state index is 12.6. The van der Waals surface area contributed by atoms with Crippen molar-refractivity contribution in [2.45, 2.75) is 12.8 Å². The molecule has 1 amide bonds. The van der Waals surface area contributed by atoms with E-state index >= 15 is 0 Å². The second-order valence-corrected chi connectivity index (χ2v) is 8.55. The number of anilines is 1. The fourth-order valence-electron chi connectivity index (χ4n) is 3.94. The van der Waals surface area contributed by atoms with Gasteiger partial charge in [-0.1, -0.05) is 23.7 Å². The summed E-state index contributed by atoms with van der Waals surface area (Å²) in [7, 11) is 4.02. The summed E-state index contributed by atoms with van der Waals surface area (Å²) in [5, 5.41) is 3.73. The van der Waals surface area contributed by atoms with E-state index in [0.29, 0.717) is 11.6 Å². The predicted molar refractivity (Wildman–Crippen MR) is 123 cm³/mol. The molecule has 1 atom stereocenters. The Bertz CT molecular complexity index is 998. The van der Waals surface area contributed by atoms with Gasteiger partial charge in [0.25, 0.3) is 0 Å². The lowest BCUT2D eigenvalue weighted by Gasteiger charge is -2.34. The summed E-state index contributed by atoms with van der Waals surface area (Å²) in [5.74, 6) is 0.914. The summed E-state index contributed by atoms with van der Waals surface area (Å²) in [5.41, 5.74) is 3.85. The first-order chi connectivity index (χ1) is 14.5. The molecule has 1 aliphatic rings. The number of carbonyl (C=O) groups excluding carboxylic acids is 1. The molecular formula is C23H28ClN5O. The van der Waals surface area contributed by atoms with E-state index in [1.807, 2.05) is 50.5 Å². The van der Waals surface area contributed by atoms with Crippen LogP contribution >= 0.6 is 11.6 Å². The number of hydrogen-bond acceptors (Lipinski definition) is 4. The van der Waals surface area contributed by atoms with Crippen molar-refractivity contribution in [3.8, 4) is 11.4 Å². The van der Waals surface area contributed by atoms with Crippen LogP contribution in [0.5, 0.6) is 0 Å². The van der Waals surface area contributed by atoms with Crippen LogP contribution in [0.25, 0.3) is 22.4 Å². The molecule has 0 saturated carbocycles. The van der Waals surface area contributed by atoms with Gasteiger partial charge >= 0.3 is 0 Å². The van der Waals surface area contributed by atoms with Gasteiger partial charge in [0, 0.05) is 37.4 Å². The van der Waals surface area contributed by atoms with Crippen molar-refractivity contribution < 1.29 is 4.79 Å². The van der Waals surface area contributed by atoms with Gasteiger partial charge in [-0.05, 0) is 57.3 Å². The van der Waals surface area contributed by atoms with Gasteiger partial charge in [-0.3, -0.25) is 4.79 Å². The molecule has 3 aromatic rings. The lowest BCUT2D eigenvalue weighted by Crippen LogP contribution is -2.44. The van der Waals surface area contributed by atoms with Crippen molar-refractivity contribution in [3.63, 3.8) is 0 Å². The van der Waals surface area contributed by atoms with E-state index in [0.717, 1.165) is 60.6 Å². The number of likely N-dealkylation sites (N-methyl/N-ethyl adjacent to an activating group) is 1. The Balaban J connectivity index is 1.51. The van der Waals surface area contributed by atoms with Crippen LogP contribution in [0.2, 0.25) is 5.02 Å². The molecule has 6 nitrogen and oxygen atoms in total. The summed E-state index contributed by atoms with van der Waals surface area (Å²) < 4.78 is 0. The molecule has 158 valence electrons. The number of hydrogen-bond donors (Lipinski definition) is 2. The zero-order valence-corrected chi connectivity index (χ0v) is 18.2. The van der Waals surface area contributed by atoms with E-state index in [2.05, 4.69) is 26.2 Å². The highest BCUT2D eigenvalue weighted by Gasteiger charge is 2.26. The van der Waals surface area contributed by atoms with Gasteiger partial charge in [0.15, 0.2) is 0 Å². The number of para-hydroxylation sites is 2. The molecule has 0 unspecified atom stereocenters. The van der Waals surface area contributed by atoms with Gasteiger partial charge in [-0.2, -0.15) is 0 Å². The predicted octanol–water partition coefficient (Wildman–Crippen LogP) is 3.78. The minimum absolute atomic E-state index is 0.00578. The molecule has 0 aliphatic carbocycles. The maximum Gasteiger partial charge on any atom is 0.224 e. The Morgan fingerprint density at radius 3 is 2.93 bits per heavy atom. The van der Waals surface area contributed by atoms with Crippen molar-refractivity contribution in [1.82, 2.24) is 20.2 Å². The van der Waals surface area contributed by atoms with Crippen molar-refractivity contribution >= 4 is 34.2 Å². The average Bonchev–Trinajstić information content (AvgIpc) is 3.18. The monoisotopic (exact) mass is 425 g/mol. The number of aromatic nitrogens is 2. The number of nitrogens with zero attached hydrogens (tertiary/aromatic N) is 3. The number of carbonyl (C=O) groups is 1. The first kappa shape index (κ1) is 20.7. The Kier molecular flexibility index (Phi) is 6.25. The van der Waals surface area contributed by atoms with Crippen LogP contribution in [0.1, 0.15) is 12.8 Å². The Morgan fingerprint density at radius 1 is 1.30 bits per heavy atom. The van der Waals surface area contributed by atoms with Crippen LogP contribution < -0.4 is 10.2 Å². The molecule has 0 radical (unpaired) electrons. The number of nitrogens with one attached hydrogen (secondary N) is 2. The normalized spacial score (nSPS) is 16.9. The number of piperidine rings is 1. The lowest BCUT2D eigenvalue weighted by atomic mass is 9.96. The molecule has 0 spiro atoms. The molecular weight excluding hydrogens is 398 g/mol. The fraction of sp³-hybridized carbons (Fsp3) is 0.391. The van der Waals surface area contributed by atoms with E-state index < -0.39 is 0 Å². The maximum atomic E-state index is 12.6. The highest BCUT2D eigenvalue weighted by Crippen LogP contribution is 2.33. The van der Waals surface area contributed by atoms with Gasteiger partial charge in [0.1, 0.15) is 5.82 Å². The van der Waals surface area contributed by atoms with E-state index in [-0.39, 0.29) is 11.8 Å². The van der Waals surface area contributed by atoms with Gasteiger partial charge in [-0.25, -0.2) is 4.98 Å². The smallest absolute Gasteiger partial charge is 0.224 e. The van der Waals surface area contributed by atoms with Crippen LogP contribution in [-0.4, -0.2) is 61.0 Å². The first-order valence-corrected chi connectivity index (χ1v) is 10.8. The van der Waals surface area contributed by atoms with Crippen LogP contribution in [-0.2, 0) is 4.79 Å². The van der Waals surface area contributed by atoms with Gasteiger partial charge in [0.2, 0.25) is 5.91 Å². The minimum atomic E-state index is 0.00578. The van der Waals surface area contributed by atoms with Crippen LogP contribution in [0, 0.1) is 5.92 Å². The Hall–Kier alpha value is -2.57. The van der Waals surface area contributed by atoms with Crippen molar-refractivity contribution in [1.29, 1.82) is 0 Å². The first-order valence-electron chi connectivity index (χ1n) is 10.4. The second-order valence-electron chi connectivity index (χ2n) is 8.15. The third-order valence-electron chi connectivity index (χ3n) is 5.61. The summed E-state index contributed by atoms with van der Waals surface area (Å²) >= 11 is 6.51. The third kappa shape index (κ3) is 4.60. The number of fused-ring (bicyclic) bond motifs is 1. The molecule has 1 fully saturated rings. The van der Waals surface area contributed by atoms with E-state index in [1.165, 1.54) is 0 Å². The van der Waals surface area contributed by atoms with Crippen LogP contribution in [0.15, 0.2) is 42.5 Å². The minimum Gasteiger partial charge on any atom is -0.371 e. The van der Waals surface area contributed by atoms with Gasteiger partial charge in [0.05, 0.1) is 22.0 Å². The number of amides is 1. The molecule has 1 saturated heterocycles. The van der Waals surface area contributed by atoms with Gasteiger partial charge in [-0.15, -0.1) is 0 Å². The third-order valence-corrected chi connectivity index (χ3v) is 5.94. The van der Waals surface area contributed by atoms with E-state index in [9.17, 15) is 4.79 Å². The van der Waals surface area contributed by atoms with E-state index in [1.54, 1.807) is 0 Å². The average molecular weight is 426 g/mol. The van der Waals surface area contributed by atoms with E-state index in [4.69, 9.17) is 16.6 Å². The van der Waals surface area contributed by atoms with Crippen molar-refractivity contribution in [2.24, 2.45) is 5.92 Å². The topological polar surface area (TPSA) is 64.3 Å². The van der Waals surface area contributed by atoms with Crippen molar-refractivity contribution in [3.05, 3.63) is 47.5 Å². The molecule has 4 rings (SSSR count). The summed E-state index contributed by atoms with van der Waals surface area (Å²) in [6.07, 6.45) is 1.92.